The molecule has 1 fully saturated rings. The molecule has 1 N–H and O–H groups in total. The van der Waals surface area contributed by atoms with E-state index in [2.05, 4.69) is 5.32 Å². The van der Waals surface area contributed by atoms with E-state index in [1.165, 1.54) is 18.2 Å². The number of benzene rings is 2. The van der Waals surface area contributed by atoms with Crippen LogP contribution in [0.15, 0.2) is 36.4 Å². The van der Waals surface area contributed by atoms with Crippen LogP contribution < -0.4 is 10.2 Å². The molecule has 1 atom stereocenters. The van der Waals surface area contributed by atoms with Gasteiger partial charge in [0.2, 0.25) is 5.91 Å². The van der Waals surface area contributed by atoms with Gasteiger partial charge in [-0.05, 0) is 44.0 Å². The van der Waals surface area contributed by atoms with Gasteiger partial charge in [0.15, 0.2) is 6.61 Å². The van der Waals surface area contributed by atoms with Crippen LogP contribution in [0.25, 0.3) is 0 Å². The number of nitrogens with zero attached hydrogens (tertiary/aromatic N) is 2. The van der Waals surface area contributed by atoms with Crippen LogP contribution in [0.3, 0.4) is 0 Å². The lowest BCUT2D eigenvalue weighted by molar-refractivity contribution is -0.385. The third-order valence-corrected chi connectivity index (χ3v) is 5.15. The van der Waals surface area contributed by atoms with E-state index >= 15 is 0 Å². The maximum atomic E-state index is 12.4. The van der Waals surface area contributed by atoms with Crippen LogP contribution >= 0.6 is 0 Å². The molecule has 0 spiro atoms. The summed E-state index contributed by atoms with van der Waals surface area (Å²) >= 11 is 0. The molecule has 0 aliphatic carbocycles. The second-order valence-corrected chi connectivity index (χ2v) is 7.61. The van der Waals surface area contributed by atoms with Crippen molar-refractivity contribution in [1.82, 2.24) is 0 Å². The summed E-state index contributed by atoms with van der Waals surface area (Å²) < 4.78 is 5.08. The molecule has 0 unspecified atom stereocenters. The van der Waals surface area contributed by atoms with E-state index in [0.29, 0.717) is 5.56 Å². The van der Waals surface area contributed by atoms with Crippen molar-refractivity contribution in [3.63, 3.8) is 0 Å². The highest BCUT2D eigenvalue weighted by Gasteiger charge is 2.37. The number of amides is 2. The number of ether oxygens (including phenoxy) is 1. The molecular weight excluding hydrogens is 402 g/mol. The number of nitro benzene ring substituents is 1. The molecule has 9 nitrogen and oxygen atoms in total. The summed E-state index contributed by atoms with van der Waals surface area (Å²) in [6, 6.07) is 10.1. The third-order valence-electron chi connectivity index (χ3n) is 5.15. The summed E-state index contributed by atoms with van der Waals surface area (Å²) in [6.07, 6.45) is 0.0119. The Bertz CT molecular complexity index is 1070. The summed E-state index contributed by atoms with van der Waals surface area (Å²) in [5, 5.41) is 13.5. The Morgan fingerprint density at radius 1 is 1.16 bits per heavy atom. The van der Waals surface area contributed by atoms with Gasteiger partial charge in [0, 0.05) is 36.0 Å². The molecule has 0 radical (unpaired) electrons. The normalized spacial score (nSPS) is 15.6. The molecule has 0 aromatic heterocycles. The summed E-state index contributed by atoms with van der Waals surface area (Å²) in [6.45, 7) is 5.06. The molecule has 2 aromatic rings. The van der Waals surface area contributed by atoms with Crippen molar-refractivity contribution in [3.05, 3.63) is 63.2 Å². The van der Waals surface area contributed by atoms with Gasteiger partial charge in [-0.3, -0.25) is 24.5 Å². The molecule has 1 aliphatic rings. The van der Waals surface area contributed by atoms with Crippen LogP contribution in [-0.4, -0.2) is 35.9 Å². The number of anilines is 2. The zero-order valence-corrected chi connectivity index (χ0v) is 17.5. The number of aryl methyl sites for hydroxylation is 3. The van der Waals surface area contributed by atoms with Crippen molar-refractivity contribution in [2.45, 2.75) is 27.2 Å². The maximum absolute atomic E-state index is 12.4. The van der Waals surface area contributed by atoms with Crippen molar-refractivity contribution < 1.29 is 24.0 Å². The first-order chi connectivity index (χ1) is 14.7. The van der Waals surface area contributed by atoms with Gasteiger partial charge < -0.3 is 15.0 Å². The smallest absolute Gasteiger partial charge is 0.311 e. The molecule has 0 bridgehead atoms. The average Bonchev–Trinajstić information content (AvgIpc) is 3.10. The maximum Gasteiger partial charge on any atom is 0.311 e. The first kappa shape index (κ1) is 21.9. The number of esters is 1. The van der Waals surface area contributed by atoms with E-state index in [0.717, 1.165) is 16.8 Å². The Hall–Kier alpha value is -3.75. The molecule has 2 aromatic carbocycles. The van der Waals surface area contributed by atoms with Gasteiger partial charge in [0.25, 0.3) is 11.6 Å². The van der Waals surface area contributed by atoms with Crippen LogP contribution in [-0.2, 0) is 19.1 Å². The lowest BCUT2D eigenvalue weighted by atomic mass is 10.1. The van der Waals surface area contributed by atoms with Gasteiger partial charge in [-0.2, -0.15) is 0 Å². The first-order valence-electron chi connectivity index (χ1n) is 9.75. The van der Waals surface area contributed by atoms with Gasteiger partial charge in [0.05, 0.1) is 10.8 Å². The van der Waals surface area contributed by atoms with Gasteiger partial charge in [-0.1, -0.05) is 18.2 Å². The van der Waals surface area contributed by atoms with Gasteiger partial charge in [0.1, 0.15) is 0 Å². The fourth-order valence-corrected chi connectivity index (χ4v) is 3.44. The molecule has 1 heterocycles. The van der Waals surface area contributed by atoms with Crippen molar-refractivity contribution in [1.29, 1.82) is 0 Å². The summed E-state index contributed by atoms with van der Waals surface area (Å²) in [5.74, 6) is -2.10. The topological polar surface area (TPSA) is 119 Å². The first-order valence-corrected chi connectivity index (χ1v) is 9.75. The van der Waals surface area contributed by atoms with E-state index in [1.54, 1.807) is 11.8 Å². The fraction of sp³-hybridized carbons (Fsp3) is 0.318. The van der Waals surface area contributed by atoms with E-state index < -0.39 is 29.3 Å². The van der Waals surface area contributed by atoms with E-state index in [1.807, 2.05) is 32.0 Å². The fourth-order valence-electron chi connectivity index (χ4n) is 3.44. The Morgan fingerprint density at radius 3 is 2.58 bits per heavy atom. The minimum absolute atomic E-state index is 0.0119. The minimum atomic E-state index is -0.666. The number of carbonyl (C=O) groups is 3. The average molecular weight is 425 g/mol. The summed E-state index contributed by atoms with van der Waals surface area (Å²) in [7, 11) is 0. The van der Waals surface area contributed by atoms with Crippen LogP contribution in [0.4, 0.5) is 17.1 Å². The standard InChI is InChI=1S/C22H23N3O6/c1-13-4-5-14(2)18(8-13)24-11-16(9-21(24)27)22(28)31-12-20(26)23-17-7-6-15(3)19(10-17)25(29)30/h4-8,10,16H,9,11-12H2,1-3H3,(H,23,26)/t16-/m0/s1. The largest absolute Gasteiger partial charge is 0.455 e. The quantitative estimate of drug-likeness (QED) is 0.432. The van der Waals surface area contributed by atoms with Gasteiger partial charge >= 0.3 is 5.97 Å². The monoisotopic (exact) mass is 425 g/mol. The number of nitro groups is 1. The van der Waals surface area contributed by atoms with Crippen LogP contribution in [0.2, 0.25) is 0 Å². The highest BCUT2D eigenvalue weighted by atomic mass is 16.6. The highest BCUT2D eigenvalue weighted by Crippen LogP contribution is 2.29. The number of hydrogen-bond donors (Lipinski definition) is 1. The SMILES string of the molecule is Cc1ccc(C)c(N2C[C@@H](C(=O)OCC(=O)Nc3ccc(C)c([N+](=O)[O-])c3)CC2=O)c1. The second-order valence-electron chi connectivity index (χ2n) is 7.61. The zero-order valence-electron chi connectivity index (χ0n) is 17.5. The number of carbonyl (C=O) groups excluding carboxylic acids is 3. The Morgan fingerprint density at radius 2 is 1.87 bits per heavy atom. The van der Waals surface area contributed by atoms with Gasteiger partial charge in [-0.25, -0.2) is 0 Å². The van der Waals surface area contributed by atoms with Gasteiger partial charge in [-0.15, -0.1) is 0 Å². The predicted octanol–water partition coefficient (Wildman–Crippen LogP) is 3.05. The molecule has 162 valence electrons. The molecule has 1 aliphatic heterocycles. The van der Waals surface area contributed by atoms with E-state index in [-0.39, 0.29) is 30.2 Å². The Balaban J connectivity index is 1.57. The molecule has 3 rings (SSSR count). The number of nitrogens with one attached hydrogen (secondary N) is 1. The molecule has 1 saturated heterocycles. The van der Waals surface area contributed by atoms with Crippen molar-refractivity contribution in [2.75, 3.05) is 23.4 Å². The van der Waals surface area contributed by atoms with E-state index in [9.17, 15) is 24.5 Å². The summed E-state index contributed by atoms with van der Waals surface area (Å²) in [4.78, 5) is 49.0. The number of hydrogen-bond acceptors (Lipinski definition) is 6. The summed E-state index contributed by atoms with van der Waals surface area (Å²) in [5.41, 5.74) is 3.28. The Kier molecular flexibility index (Phi) is 6.33. The molecule has 9 heteroatoms. The van der Waals surface area contributed by atoms with Crippen molar-refractivity contribution >= 4 is 34.8 Å². The Labute approximate surface area is 179 Å². The molecular formula is C22H23N3O6. The van der Waals surface area contributed by atoms with Crippen molar-refractivity contribution in [3.8, 4) is 0 Å². The molecule has 31 heavy (non-hydrogen) atoms. The highest BCUT2D eigenvalue weighted by molar-refractivity contribution is 6.00. The lowest BCUT2D eigenvalue weighted by Gasteiger charge is -2.19. The predicted molar refractivity (Wildman–Crippen MR) is 114 cm³/mol. The molecule has 2 amide bonds. The van der Waals surface area contributed by atoms with Crippen LogP contribution in [0.1, 0.15) is 23.1 Å². The van der Waals surface area contributed by atoms with E-state index in [4.69, 9.17) is 4.74 Å². The zero-order chi connectivity index (χ0) is 22.7. The van der Waals surface area contributed by atoms with Crippen LogP contribution in [0.5, 0.6) is 0 Å². The lowest BCUT2D eigenvalue weighted by Crippen LogP contribution is -2.28. The molecule has 0 saturated carbocycles. The second kappa shape index (κ2) is 8.95. The minimum Gasteiger partial charge on any atom is -0.455 e. The van der Waals surface area contributed by atoms with Crippen molar-refractivity contribution in [2.24, 2.45) is 5.92 Å². The third kappa shape index (κ3) is 5.06. The number of rotatable bonds is 6. The van der Waals surface area contributed by atoms with Crippen LogP contribution in [0, 0.1) is 36.8 Å².